The molecular formula is C19H21FN4O3S2. The van der Waals surface area contributed by atoms with Crippen LogP contribution in [0.2, 0.25) is 0 Å². The van der Waals surface area contributed by atoms with E-state index in [9.17, 15) is 17.6 Å². The maximum atomic E-state index is 13.3. The summed E-state index contributed by atoms with van der Waals surface area (Å²) in [5, 5.41) is 5.19. The highest BCUT2D eigenvalue weighted by Crippen LogP contribution is 2.24. The van der Waals surface area contributed by atoms with Crippen molar-refractivity contribution in [3.8, 4) is 10.6 Å². The Morgan fingerprint density at radius 3 is 2.79 bits per heavy atom. The number of hydrogen-bond acceptors (Lipinski definition) is 6. The third-order valence-electron chi connectivity index (χ3n) is 4.42. The van der Waals surface area contributed by atoms with Gasteiger partial charge in [-0.05, 0) is 24.6 Å². The van der Waals surface area contributed by atoms with Gasteiger partial charge in [0, 0.05) is 37.8 Å². The summed E-state index contributed by atoms with van der Waals surface area (Å²) in [6, 6.07) is 5.86. The summed E-state index contributed by atoms with van der Waals surface area (Å²) in [6.45, 7) is 1.49. The van der Waals surface area contributed by atoms with E-state index in [0.717, 1.165) is 5.56 Å². The lowest BCUT2D eigenvalue weighted by Gasteiger charge is -2.21. The maximum absolute atomic E-state index is 13.3. The van der Waals surface area contributed by atoms with E-state index < -0.39 is 26.8 Å². The molecule has 2 aromatic heterocycles. The first-order valence-corrected chi connectivity index (χ1v) is 11.4. The fourth-order valence-corrected chi connectivity index (χ4v) is 5.02. The molecule has 7 nitrogen and oxygen atoms in total. The topological polar surface area (TPSA) is 85.2 Å². The third kappa shape index (κ3) is 5.07. The highest BCUT2D eigenvalue weighted by Gasteiger charge is 2.31. The van der Waals surface area contributed by atoms with Gasteiger partial charge in [-0.2, -0.15) is 5.10 Å². The van der Waals surface area contributed by atoms with Gasteiger partial charge in [-0.15, -0.1) is 11.3 Å². The molecule has 29 heavy (non-hydrogen) atoms. The van der Waals surface area contributed by atoms with E-state index in [4.69, 9.17) is 0 Å². The summed E-state index contributed by atoms with van der Waals surface area (Å²) in [4.78, 5) is 18.3. The molecule has 10 heteroatoms. The number of carbonyl (C=O) groups excluding carboxylic acids is 1. The molecule has 2 heterocycles. The van der Waals surface area contributed by atoms with Gasteiger partial charge in [0.1, 0.15) is 16.1 Å². The van der Waals surface area contributed by atoms with Gasteiger partial charge in [0.2, 0.25) is 5.91 Å². The van der Waals surface area contributed by atoms with Crippen molar-refractivity contribution in [2.24, 2.45) is 7.05 Å². The molecule has 0 spiro atoms. The number of aryl methyl sites for hydroxylation is 1. The Morgan fingerprint density at radius 2 is 2.14 bits per heavy atom. The number of thiazole rings is 1. The molecule has 0 saturated heterocycles. The van der Waals surface area contributed by atoms with E-state index >= 15 is 0 Å². The van der Waals surface area contributed by atoms with Crippen molar-refractivity contribution in [3.63, 3.8) is 0 Å². The summed E-state index contributed by atoms with van der Waals surface area (Å²) >= 11 is 1.33. The second kappa shape index (κ2) is 8.42. The molecule has 1 aromatic carbocycles. The summed E-state index contributed by atoms with van der Waals surface area (Å²) in [7, 11) is -0.473. The minimum absolute atomic E-state index is 0.123. The fraction of sp³-hybridized carbons (Fsp3) is 0.316. The second-order valence-electron chi connectivity index (χ2n) is 6.82. The number of carbonyl (C=O) groups is 1. The summed E-state index contributed by atoms with van der Waals surface area (Å²) < 4.78 is 40.5. The highest BCUT2D eigenvalue weighted by molar-refractivity contribution is 7.92. The molecule has 0 fully saturated rings. The monoisotopic (exact) mass is 436 g/mol. The van der Waals surface area contributed by atoms with Crippen molar-refractivity contribution in [2.45, 2.75) is 24.5 Å². The van der Waals surface area contributed by atoms with Crippen LogP contribution in [-0.2, 0) is 34.0 Å². The van der Waals surface area contributed by atoms with E-state index in [1.165, 1.54) is 42.3 Å². The van der Waals surface area contributed by atoms with Crippen LogP contribution < -0.4 is 0 Å². The minimum Gasteiger partial charge on any atom is -0.340 e. The normalized spacial score (nSPS) is 12.7. The van der Waals surface area contributed by atoms with Gasteiger partial charge < -0.3 is 4.90 Å². The van der Waals surface area contributed by atoms with Crippen molar-refractivity contribution in [2.75, 3.05) is 7.05 Å². The molecule has 3 rings (SSSR count). The average Bonchev–Trinajstić information content (AvgIpc) is 3.29. The Hall–Kier alpha value is -2.59. The fourth-order valence-electron chi connectivity index (χ4n) is 2.82. The summed E-state index contributed by atoms with van der Waals surface area (Å²) in [5.41, 5.74) is 1.78. The molecule has 154 valence electrons. The molecule has 0 aliphatic heterocycles. The standard InChI is InChI=1S/C19H21FN4O3S2/c1-13(19(25)23(2)9-14-5-4-6-16(20)7-14)29(26,27)12-17-11-28-18(22-17)15-8-21-24(3)10-15/h4-8,10-11,13H,9,12H2,1-3H3. The zero-order valence-electron chi connectivity index (χ0n) is 16.2. The Labute approximate surface area is 172 Å². The molecule has 0 saturated carbocycles. The van der Waals surface area contributed by atoms with Crippen molar-refractivity contribution in [1.29, 1.82) is 0 Å². The van der Waals surface area contributed by atoms with Gasteiger partial charge in [-0.3, -0.25) is 9.48 Å². The second-order valence-corrected chi connectivity index (χ2v) is 10.00. The molecule has 0 N–H and O–H groups in total. The van der Waals surface area contributed by atoms with Crippen molar-refractivity contribution in [1.82, 2.24) is 19.7 Å². The number of amides is 1. The van der Waals surface area contributed by atoms with Gasteiger partial charge in [0.25, 0.3) is 0 Å². The van der Waals surface area contributed by atoms with Crippen molar-refractivity contribution >= 4 is 27.1 Å². The number of sulfone groups is 1. The zero-order chi connectivity index (χ0) is 21.2. The van der Waals surface area contributed by atoms with Crippen LogP contribution in [0.15, 0.2) is 42.0 Å². The molecule has 0 bridgehead atoms. The highest BCUT2D eigenvalue weighted by atomic mass is 32.2. The van der Waals surface area contributed by atoms with E-state index in [-0.39, 0.29) is 12.3 Å². The van der Waals surface area contributed by atoms with Crippen LogP contribution in [0, 0.1) is 5.82 Å². The zero-order valence-corrected chi connectivity index (χ0v) is 17.9. The Kier molecular flexibility index (Phi) is 6.13. The molecule has 3 aromatic rings. The average molecular weight is 437 g/mol. The van der Waals surface area contributed by atoms with Crippen LogP contribution in [0.5, 0.6) is 0 Å². The molecule has 0 aliphatic carbocycles. The molecule has 1 amide bonds. The van der Waals surface area contributed by atoms with Crippen LogP contribution in [-0.4, -0.2) is 46.3 Å². The molecule has 0 radical (unpaired) electrons. The number of benzene rings is 1. The van der Waals surface area contributed by atoms with Crippen molar-refractivity contribution < 1.29 is 17.6 Å². The van der Waals surface area contributed by atoms with Crippen molar-refractivity contribution in [3.05, 3.63) is 59.1 Å². The largest absolute Gasteiger partial charge is 0.340 e. The van der Waals surface area contributed by atoms with E-state index in [0.29, 0.717) is 16.3 Å². The SMILES string of the molecule is CC(C(=O)N(C)Cc1cccc(F)c1)S(=O)(=O)Cc1csc(-c2cnn(C)c2)n1. The third-order valence-corrected chi connectivity index (χ3v) is 7.34. The van der Waals surface area contributed by atoms with E-state index in [1.54, 1.807) is 41.6 Å². The lowest BCUT2D eigenvalue weighted by atomic mass is 10.2. The predicted molar refractivity (Wildman–Crippen MR) is 109 cm³/mol. The summed E-state index contributed by atoms with van der Waals surface area (Å²) in [6.07, 6.45) is 3.45. The molecule has 1 atom stereocenters. The molecular weight excluding hydrogens is 415 g/mol. The maximum Gasteiger partial charge on any atom is 0.240 e. The number of rotatable bonds is 7. The first kappa shape index (κ1) is 21.1. The van der Waals surface area contributed by atoms with E-state index in [1.807, 2.05) is 0 Å². The quantitative estimate of drug-likeness (QED) is 0.568. The van der Waals surface area contributed by atoms with Gasteiger partial charge in [-0.25, -0.2) is 17.8 Å². The van der Waals surface area contributed by atoms with Gasteiger partial charge >= 0.3 is 0 Å². The smallest absolute Gasteiger partial charge is 0.240 e. The van der Waals surface area contributed by atoms with Crippen LogP contribution in [0.4, 0.5) is 4.39 Å². The Balaban J connectivity index is 1.68. The number of hydrogen-bond donors (Lipinski definition) is 0. The van der Waals surface area contributed by atoms with Gasteiger partial charge in [-0.1, -0.05) is 12.1 Å². The predicted octanol–water partition coefficient (Wildman–Crippen LogP) is 2.64. The Morgan fingerprint density at radius 1 is 1.38 bits per heavy atom. The molecule has 0 aliphatic rings. The first-order valence-electron chi connectivity index (χ1n) is 8.80. The van der Waals surface area contributed by atoms with E-state index in [2.05, 4.69) is 10.1 Å². The van der Waals surface area contributed by atoms with Crippen LogP contribution in [0.25, 0.3) is 10.6 Å². The lowest BCUT2D eigenvalue weighted by molar-refractivity contribution is -0.129. The number of halogens is 1. The molecule has 1 unspecified atom stereocenters. The van der Waals surface area contributed by atoms with Crippen LogP contribution >= 0.6 is 11.3 Å². The van der Waals surface area contributed by atoms with Gasteiger partial charge in [0.05, 0.1) is 17.6 Å². The van der Waals surface area contributed by atoms with Crippen LogP contribution in [0.3, 0.4) is 0 Å². The van der Waals surface area contributed by atoms with Crippen LogP contribution in [0.1, 0.15) is 18.2 Å². The lowest BCUT2D eigenvalue weighted by Crippen LogP contribution is -2.39. The number of aromatic nitrogens is 3. The first-order chi connectivity index (χ1) is 13.7. The van der Waals surface area contributed by atoms with Gasteiger partial charge in [0.15, 0.2) is 9.84 Å². The Bertz CT molecular complexity index is 1120. The summed E-state index contributed by atoms with van der Waals surface area (Å²) in [5.74, 6) is -1.28. The number of nitrogens with zero attached hydrogens (tertiary/aromatic N) is 4. The minimum atomic E-state index is -3.76.